The first kappa shape index (κ1) is 15.7. The number of nitrogens with zero attached hydrogens (tertiary/aromatic N) is 2. The molecule has 0 aliphatic heterocycles. The lowest BCUT2D eigenvalue weighted by Crippen LogP contribution is -2.26. The fourth-order valence-corrected chi connectivity index (χ4v) is 4.01. The van der Waals surface area contributed by atoms with E-state index in [4.69, 9.17) is 0 Å². The zero-order valence-corrected chi connectivity index (χ0v) is 13.1. The predicted octanol–water partition coefficient (Wildman–Crippen LogP) is 2.72. The Bertz CT molecular complexity index is 408. The Labute approximate surface area is 118 Å². The molecule has 1 N–H and O–H groups in total. The van der Waals surface area contributed by atoms with Crippen LogP contribution in [0.15, 0.2) is 9.95 Å². The van der Waals surface area contributed by atoms with E-state index in [9.17, 15) is 4.79 Å². The van der Waals surface area contributed by atoms with E-state index in [1.165, 1.54) is 25.7 Å². The number of nitrogens with one attached hydrogen (secondary N) is 1. The first-order valence-electron chi connectivity index (χ1n) is 6.43. The number of H-pyrrole nitrogens is 1. The van der Waals surface area contributed by atoms with Crippen LogP contribution in [-0.4, -0.2) is 26.3 Å². The average molecular weight is 289 g/mol. The van der Waals surface area contributed by atoms with E-state index >= 15 is 0 Å². The van der Waals surface area contributed by atoms with Crippen molar-refractivity contribution in [2.24, 2.45) is 12.5 Å². The van der Waals surface area contributed by atoms with Gasteiger partial charge in [-0.05, 0) is 24.0 Å². The summed E-state index contributed by atoms with van der Waals surface area (Å²) in [6.07, 6.45) is 4.69. The van der Waals surface area contributed by atoms with Crippen LogP contribution < -0.4 is 5.69 Å². The van der Waals surface area contributed by atoms with Crippen LogP contribution in [0.5, 0.6) is 0 Å². The number of thiol groups is 1. The third-order valence-corrected chi connectivity index (χ3v) is 5.29. The van der Waals surface area contributed by atoms with Crippen molar-refractivity contribution in [1.29, 1.82) is 0 Å². The fourth-order valence-electron chi connectivity index (χ4n) is 2.21. The Morgan fingerprint density at radius 3 is 2.39 bits per heavy atom. The smallest absolute Gasteiger partial charge is 0.273 e. The summed E-state index contributed by atoms with van der Waals surface area (Å²) in [5.74, 6) is 1.86. The Morgan fingerprint density at radius 1 is 1.39 bits per heavy atom. The number of aromatic nitrogens is 3. The van der Waals surface area contributed by atoms with Gasteiger partial charge in [0.05, 0.1) is 0 Å². The van der Waals surface area contributed by atoms with Crippen LogP contribution in [0.2, 0.25) is 0 Å². The molecule has 0 radical (unpaired) electrons. The highest BCUT2D eigenvalue weighted by Gasteiger charge is 2.27. The van der Waals surface area contributed by atoms with Crippen molar-refractivity contribution in [1.82, 2.24) is 14.8 Å². The monoisotopic (exact) mass is 289 g/mol. The van der Waals surface area contributed by atoms with Crippen molar-refractivity contribution in [2.75, 3.05) is 11.5 Å². The largest absolute Gasteiger partial charge is 0.343 e. The van der Waals surface area contributed by atoms with E-state index in [0.29, 0.717) is 0 Å². The van der Waals surface area contributed by atoms with Crippen LogP contribution in [0.25, 0.3) is 0 Å². The van der Waals surface area contributed by atoms with Crippen molar-refractivity contribution in [2.45, 2.75) is 44.7 Å². The molecule has 104 valence electrons. The van der Waals surface area contributed by atoms with Gasteiger partial charge in [-0.15, -0.1) is 5.10 Å². The van der Waals surface area contributed by atoms with Gasteiger partial charge in [0.25, 0.3) is 0 Å². The molecule has 0 amide bonds. The minimum absolute atomic E-state index is 0.153. The number of thioether (sulfide) groups is 1. The van der Waals surface area contributed by atoms with Gasteiger partial charge >= 0.3 is 5.69 Å². The van der Waals surface area contributed by atoms with E-state index in [2.05, 4.69) is 36.7 Å². The molecule has 1 aromatic rings. The van der Waals surface area contributed by atoms with Gasteiger partial charge in [-0.25, -0.2) is 9.89 Å². The van der Waals surface area contributed by atoms with E-state index < -0.39 is 0 Å². The highest BCUT2D eigenvalue weighted by atomic mass is 32.2. The Balaban J connectivity index is 2.72. The number of hydrogen-bond donors (Lipinski definition) is 2. The maximum absolute atomic E-state index is 11.3. The van der Waals surface area contributed by atoms with Gasteiger partial charge in [0, 0.05) is 12.8 Å². The molecular formula is C12H23N3OS2. The van der Waals surface area contributed by atoms with Gasteiger partial charge in [0.1, 0.15) is 0 Å². The van der Waals surface area contributed by atoms with Gasteiger partial charge < -0.3 is 0 Å². The molecule has 0 saturated carbocycles. The summed E-state index contributed by atoms with van der Waals surface area (Å²) in [6, 6.07) is 0. The molecule has 0 unspecified atom stereocenters. The van der Waals surface area contributed by atoms with Crippen LogP contribution in [0.1, 0.15) is 39.5 Å². The topological polar surface area (TPSA) is 50.7 Å². The highest BCUT2D eigenvalue weighted by Crippen LogP contribution is 2.36. The molecule has 0 aromatic carbocycles. The average Bonchev–Trinajstić information content (AvgIpc) is 2.68. The minimum Gasteiger partial charge on any atom is -0.273 e. The predicted molar refractivity (Wildman–Crippen MR) is 80.7 cm³/mol. The molecule has 1 heterocycles. The Kier molecular flexibility index (Phi) is 6.35. The lowest BCUT2D eigenvalue weighted by atomic mass is 9.83. The second-order valence-corrected chi connectivity index (χ2v) is 6.08. The van der Waals surface area contributed by atoms with Gasteiger partial charge in [0.15, 0.2) is 5.16 Å². The SMILES string of the molecule is CCCC(CS)(CCC)CSc1n[nH]c(=O)n1C. The summed E-state index contributed by atoms with van der Waals surface area (Å²) in [5.41, 5.74) is 0.103. The van der Waals surface area contributed by atoms with Crippen LogP contribution >= 0.6 is 24.4 Å². The maximum atomic E-state index is 11.3. The van der Waals surface area contributed by atoms with Crippen molar-refractivity contribution in [3.05, 3.63) is 10.5 Å². The van der Waals surface area contributed by atoms with Crippen molar-refractivity contribution in [3.63, 3.8) is 0 Å². The van der Waals surface area contributed by atoms with Gasteiger partial charge in [-0.1, -0.05) is 38.5 Å². The van der Waals surface area contributed by atoms with Gasteiger partial charge in [0.2, 0.25) is 0 Å². The summed E-state index contributed by atoms with van der Waals surface area (Å²) in [4.78, 5) is 11.3. The molecule has 18 heavy (non-hydrogen) atoms. The molecule has 6 heteroatoms. The summed E-state index contributed by atoms with van der Waals surface area (Å²) < 4.78 is 1.56. The van der Waals surface area contributed by atoms with Crippen LogP contribution in [0.4, 0.5) is 0 Å². The lowest BCUT2D eigenvalue weighted by molar-refractivity contribution is 0.318. The summed E-state index contributed by atoms with van der Waals surface area (Å²) in [7, 11) is 1.75. The Hall–Kier alpha value is -0.360. The van der Waals surface area contributed by atoms with E-state index in [1.807, 2.05) is 0 Å². The lowest BCUT2D eigenvalue weighted by Gasteiger charge is -2.31. The zero-order chi connectivity index (χ0) is 13.6. The maximum Gasteiger partial charge on any atom is 0.343 e. The molecule has 0 bridgehead atoms. The molecule has 4 nitrogen and oxygen atoms in total. The molecule has 0 aliphatic rings. The third-order valence-electron chi connectivity index (χ3n) is 3.24. The minimum atomic E-state index is -0.153. The van der Waals surface area contributed by atoms with Crippen molar-refractivity contribution in [3.8, 4) is 0 Å². The number of rotatable bonds is 8. The Morgan fingerprint density at radius 2 is 2.00 bits per heavy atom. The molecule has 1 aromatic heterocycles. The van der Waals surface area contributed by atoms with Crippen molar-refractivity contribution < 1.29 is 0 Å². The fraction of sp³-hybridized carbons (Fsp3) is 0.833. The molecule has 0 aliphatic carbocycles. The van der Waals surface area contributed by atoms with Gasteiger partial charge in [-0.3, -0.25) is 4.57 Å². The molecule has 0 spiro atoms. The number of aromatic amines is 1. The molecule has 0 saturated heterocycles. The number of hydrogen-bond acceptors (Lipinski definition) is 4. The van der Waals surface area contributed by atoms with E-state index in [-0.39, 0.29) is 11.1 Å². The van der Waals surface area contributed by atoms with Gasteiger partial charge in [-0.2, -0.15) is 12.6 Å². The first-order chi connectivity index (χ1) is 8.58. The molecule has 0 fully saturated rings. The summed E-state index contributed by atoms with van der Waals surface area (Å²) in [5, 5.41) is 7.27. The summed E-state index contributed by atoms with van der Waals surface area (Å²) >= 11 is 6.19. The van der Waals surface area contributed by atoms with E-state index in [0.717, 1.165) is 16.7 Å². The quantitative estimate of drug-likeness (QED) is 0.571. The zero-order valence-electron chi connectivity index (χ0n) is 11.4. The summed E-state index contributed by atoms with van der Waals surface area (Å²) in [6.45, 7) is 4.42. The highest BCUT2D eigenvalue weighted by molar-refractivity contribution is 7.99. The van der Waals surface area contributed by atoms with Crippen molar-refractivity contribution >= 4 is 24.4 Å². The molecule has 1 rings (SSSR count). The second kappa shape index (κ2) is 7.28. The standard InChI is InChI=1S/C12H23N3OS2/c1-4-6-12(8-17,7-5-2)9-18-11-14-13-10(16)15(11)3/h17H,4-9H2,1-3H3,(H,13,16). The normalized spacial score (nSPS) is 12.0. The van der Waals surface area contributed by atoms with Crippen LogP contribution in [-0.2, 0) is 7.05 Å². The second-order valence-electron chi connectivity index (χ2n) is 4.82. The van der Waals surface area contributed by atoms with Crippen LogP contribution in [0.3, 0.4) is 0 Å². The third kappa shape index (κ3) is 3.82. The molecular weight excluding hydrogens is 266 g/mol. The van der Waals surface area contributed by atoms with Crippen LogP contribution in [0, 0.1) is 5.41 Å². The molecule has 0 atom stereocenters. The van der Waals surface area contributed by atoms with E-state index in [1.54, 1.807) is 23.4 Å². The first-order valence-corrected chi connectivity index (χ1v) is 8.05.